The molecule has 0 unspecified atom stereocenters. The van der Waals surface area contributed by atoms with Crippen LogP contribution in [0.4, 0.5) is 0 Å². The number of carbonyl (C=O) groups excluding carboxylic acids is 2. The lowest BCUT2D eigenvalue weighted by Crippen LogP contribution is -2.23. The lowest BCUT2D eigenvalue weighted by Gasteiger charge is -1.99. The number of benzene rings is 1. The SMILES string of the molecule is CC(=O)C(=NO)C(=O)Cc1ccccc1. The molecule has 0 aliphatic heterocycles. The first-order valence-corrected chi connectivity index (χ1v) is 4.45. The Morgan fingerprint density at radius 2 is 1.87 bits per heavy atom. The first-order chi connectivity index (χ1) is 7.15. The molecule has 0 aliphatic rings. The smallest absolute Gasteiger partial charge is 0.192 e. The molecular formula is C11H11NO3. The summed E-state index contributed by atoms with van der Waals surface area (Å²) in [6.07, 6.45) is 0.0693. The average Bonchev–Trinajstić information content (AvgIpc) is 2.19. The van der Waals surface area contributed by atoms with Gasteiger partial charge in [-0.3, -0.25) is 9.59 Å². The zero-order chi connectivity index (χ0) is 11.3. The standard InChI is InChI=1S/C11H11NO3/c1-8(13)11(12-15)10(14)7-9-5-3-2-4-6-9/h2-6,15H,7H2,1H3. The molecule has 15 heavy (non-hydrogen) atoms. The van der Waals surface area contributed by atoms with Crippen LogP contribution < -0.4 is 0 Å². The Morgan fingerprint density at radius 3 is 2.33 bits per heavy atom. The number of hydrogen-bond acceptors (Lipinski definition) is 4. The van der Waals surface area contributed by atoms with E-state index < -0.39 is 17.3 Å². The monoisotopic (exact) mass is 205 g/mol. The third-order valence-electron chi connectivity index (χ3n) is 1.91. The summed E-state index contributed by atoms with van der Waals surface area (Å²) in [6.45, 7) is 1.19. The van der Waals surface area contributed by atoms with Gasteiger partial charge >= 0.3 is 0 Å². The van der Waals surface area contributed by atoms with Crippen LogP contribution in [0.3, 0.4) is 0 Å². The molecule has 1 aromatic rings. The van der Waals surface area contributed by atoms with Gasteiger partial charge in [0.2, 0.25) is 0 Å². The molecule has 0 atom stereocenters. The van der Waals surface area contributed by atoms with Crippen molar-refractivity contribution in [1.29, 1.82) is 0 Å². The predicted molar refractivity (Wildman–Crippen MR) is 55.1 cm³/mol. The maximum Gasteiger partial charge on any atom is 0.192 e. The Balaban J connectivity index is 2.76. The van der Waals surface area contributed by atoms with E-state index in [9.17, 15) is 9.59 Å². The van der Waals surface area contributed by atoms with E-state index in [1.165, 1.54) is 6.92 Å². The van der Waals surface area contributed by atoms with Crippen LogP contribution in [0.15, 0.2) is 35.5 Å². The number of Topliss-reactive ketones (excluding diaryl/α,β-unsaturated/α-hetero) is 2. The van der Waals surface area contributed by atoms with Gasteiger partial charge in [-0.1, -0.05) is 35.5 Å². The fourth-order valence-corrected chi connectivity index (χ4v) is 1.19. The van der Waals surface area contributed by atoms with Crippen molar-refractivity contribution in [3.8, 4) is 0 Å². The lowest BCUT2D eigenvalue weighted by molar-refractivity contribution is -0.115. The lowest BCUT2D eigenvalue weighted by atomic mass is 10.0. The highest BCUT2D eigenvalue weighted by molar-refractivity contribution is 6.65. The van der Waals surface area contributed by atoms with Crippen molar-refractivity contribution in [1.82, 2.24) is 0 Å². The number of carbonyl (C=O) groups is 2. The summed E-state index contributed by atoms with van der Waals surface area (Å²) in [5.41, 5.74) is 0.378. The van der Waals surface area contributed by atoms with E-state index in [0.717, 1.165) is 5.56 Å². The largest absolute Gasteiger partial charge is 0.410 e. The van der Waals surface area contributed by atoms with Gasteiger partial charge in [0.1, 0.15) is 0 Å². The summed E-state index contributed by atoms with van der Waals surface area (Å²) < 4.78 is 0. The summed E-state index contributed by atoms with van der Waals surface area (Å²) >= 11 is 0. The predicted octanol–water partition coefficient (Wildman–Crippen LogP) is 1.22. The second-order valence-electron chi connectivity index (χ2n) is 3.09. The van der Waals surface area contributed by atoms with E-state index in [2.05, 4.69) is 5.16 Å². The Kier molecular flexibility index (Phi) is 3.74. The van der Waals surface area contributed by atoms with Gasteiger partial charge in [0.25, 0.3) is 0 Å². The minimum Gasteiger partial charge on any atom is -0.410 e. The van der Waals surface area contributed by atoms with Crippen molar-refractivity contribution in [3.05, 3.63) is 35.9 Å². The molecule has 1 N–H and O–H groups in total. The van der Waals surface area contributed by atoms with Crippen LogP contribution in [0.25, 0.3) is 0 Å². The molecule has 0 aliphatic carbocycles. The molecule has 0 heterocycles. The Labute approximate surface area is 87.2 Å². The van der Waals surface area contributed by atoms with Gasteiger partial charge in [0.15, 0.2) is 17.3 Å². The zero-order valence-electron chi connectivity index (χ0n) is 8.30. The molecule has 0 aromatic heterocycles. The summed E-state index contributed by atoms with van der Waals surface area (Å²) in [5, 5.41) is 11.2. The maximum atomic E-state index is 11.5. The molecule has 0 spiro atoms. The third-order valence-corrected chi connectivity index (χ3v) is 1.91. The topological polar surface area (TPSA) is 66.7 Å². The number of hydrogen-bond donors (Lipinski definition) is 1. The van der Waals surface area contributed by atoms with Crippen LogP contribution in [0.1, 0.15) is 12.5 Å². The van der Waals surface area contributed by atoms with Gasteiger partial charge in [-0.15, -0.1) is 0 Å². The van der Waals surface area contributed by atoms with E-state index in [0.29, 0.717) is 0 Å². The summed E-state index contributed by atoms with van der Waals surface area (Å²) in [7, 11) is 0. The van der Waals surface area contributed by atoms with Gasteiger partial charge in [-0.2, -0.15) is 0 Å². The molecular weight excluding hydrogens is 194 g/mol. The summed E-state index contributed by atoms with van der Waals surface area (Å²) in [5.74, 6) is -1.00. The summed E-state index contributed by atoms with van der Waals surface area (Å²) in [6, 6.07) is 8.97. The van der Waals surface area contributed by atoms with Crippen LogP contribution in [-0.2, 0) is 16.0 Å². The van der Waals surface area contributed by atoms with Gasteiger partial charge in [0.05, 0.1) is 0 Å². The number of ketones is 2. The highest BCUT2D eigenvalue weighted by atomic mass is 16.4. The van der Waals surface area contributed by atoms with Crippen molar-refractivity contribution in [2.45, 2.75) is 13.3 Å². The third kappa shape index (κ3) is 3.02. The van der Waals surface area contributed by atoms with E-state index in [1.54, 1.807) is 24.3 Å². The fourth-order valence-electron chi connectivity index (χ4n) is 1.19. The number of rotatable bonds is 4. The second-order valence-corrected chi connectivity index (χ2v) is 3.09. The average molecular weight is 205 g/mol. The molecule has 0 saturated carbocycles. The molecule has 4 nitrogen and oxygen atoms in total. The minimum absolute atomic E-state index is 0.0693. The molecule has 0 radical (unpaired) electrons. The second kappa shape index (κ2) is 5.05. The van der Waals surface area contributed by atoms with Gasteiger partial charge < -0.3 is 5.21 Å². The Bertz CT molecular complexity index is 396. The van der Waals surface area contributed by atoms with Crippen LogP contribution in [-0.4, -0.2) is 22.5 Å². The zero-order valence-corrected chi connectivity index (χ0v) is 8.30. The van der Waals surface area contributed by atoms with Crippen LogP contribution >= 0.6 is 0 Å². The van der Waals surface area contributed by atoms with Crippen molar-refractivity contribution in [2.24, 2.45) is 5.16 Å². The molecule has 0 saturated heterocycles. The van der Waals surface area contributed by atoms with E-state index >= 15 is 0 Å². The normalized spacial score (nSPS) is 11.1. The molecule has 4 heteroatoms. The molecule has 0 bridgehead atoms. The Morgan fingerprint density at radius 1 is 1.27 bits per heavy atom. The summed E-state index contributed by atoms with van der Waals surface area (Å²) in [4.78, 5) is 22.4. The van der Waals surface area contributed by atoms with Crippen molar-refractivity contribution in [2.75, 3.05) is 0 Å². The molecule has 0 fully saturated rings. The van der Waals surface area contributed by atoms with Crippen molar-refractivity contribution in [3.63, 3.8) is 0 Å². The quantitative estimate of drug-likeness (QED) is 0.348. The van der Waals surface area contributed by atoms with E-state index in [1.807, 2.05) is 6.07 Å². The first-order valence-electron chi connectivity index (χ1n) is 4.45. The molecule has 0 amide bonds. The van der Waals surface area contributed by atoms with Gasteiger partial charge in [0, 0.05) is 13.3 Å². The van der Waals surface area contributed by atoms with Crippen molar-refractivity contribution >= 4 is 17.3 Å². The number of nitrogens with zero attached hydrogens (tertiary/aromatic N) is 1. The van der Waals surface area contributed by atoms with Crippen LogP contribution in [0.2, 0.25) is 0 Å². The highest BCUT2D eigenvalue weighted by Crippen LogP contribution is 2.01. The van der Waals surface area contributed by atoms with E-state index in [-0.39, 0.29) is 6.42 Å². The fraction of sp³-hybridized carbons (Fsp3) is 0.182. The van der Waals surface area contributed by atoms with Crippen LogP contribution in [0.5, 0.6) is 0 Å². The van der Waals surface area contributed by atoms with Gasteiger partial charge in [-0.05, 0) is 5.56 Å². The minimum atomic E-state index is -0.529. The first kappa shape index (κ1) is 11.1. The van der Waals surface area contributed by atoms with Crippen LogP contribution in [0, 0.1) is 0 Å². The van der Waals surface area contributed by atoms with Gasteiger partial charge in [-0.25, -0.2) is 0 Å². The Hall–Kier alpha value is -1.97. The molecule has 1 aromatic carbocycles. The maximum absolute atomic E-state index is 11.5. The van der Waals surface area contributed by atoms with E-state index in [4.69, 9.17) is 5.21 Å². The van der Waals surface area contributed by atoms with Crippen molar-refractivity contribution < 1.29 is 14.8 Å². The number of oxime groups is 1. The molecule has 78 valence electrons. The molecule has 1 rings (SSSR count). The highest BCUT2D eigenvalue weighted by Gasteiger charge is 2.17.